The SMILES string of the molecule is CC(C)(C)OC(=O)N1C[C@@H](F)[C@@H](F)C1. The molecule has 0 aromatic rings. The first-order chi connectivity index (χ1) is 6.29. The Morgan fingerprint density at radius 2 is 1.71 bits per heavy atom. The van der Waals surface area contributed by atoms with Gasteiger partial charge in [-0.3, -0.25) is 0 Å². The molecule has 0 aromatic carbocycles. The molecule has 1 fully saturated rings. The third kappa shape index (κ3) is 2.82. The predicted octanol–water partition coefficient (Wildman–Crippen LogP) is 1.91. The zero-order chi connectivity index (χ0) is 10.9. The minimum atomic E-state index is -1.58. The summed E-state index contributed by atoms with van der Waals surface area (Å²) >= 11 is 0. The average Bonchev–Trinajstić information content (AvgIpc) is 2.28. The molecule has 1 amide bonds. The van der Waals surface area contributed by atoms with Crippen molar-refractivity contribution in [1.82, 2.24) is 4.90 Å². The molecule has 2 atom stereocenters. The van der Waals surface area contributed by atoms with Crippen LogP contribution in [0.4, 0.5) is 13.6 Å². The number of ether oxygens (including phenoxy) is 1. The molecule has 82 valence electrons. The molecule has 1 aliphatic rings. The highest BCUT2D eigenvalue weighted by Crippen LogP contribution is 2.19. The second-order valence-corrected chi connectivity index (χ2v) is 4.42. The fourth-order valence-electron chi connectivity index (χ4n) is 1.20. The summed E-state index contributed by atoms with van der Waals surface area (Å²) in [6, 6.07) is 0. The van der Waals surface area contributed by atoms with E-state index in [-0.39, 0.29) is 13.1 Å². The number of likely N-dealkylation sites (tertiary alicyclic amines) is 1. The summed E-state index contributed by atoms with van der Waals surface area (Å²) in [6.07, 6.45) is -3.81. The Morgan fingerprint density at radius 3 is 2.07 bits per heavy atom. The molecule has 1 heterocycles. The minimum absolute atomic E-state index is 0.212. The van der Waals surface area contributed by atoms with Gasteiger partial charge in [0.15, 0.2) is 12.3 Å². The maximum Gasteiger partial charge on any atom is 0.410 e. The van der Waals surface area contributed by atoms with E-state index in [0.29, 0.717) is 0 Å². The molecule has 0 bridgehead atoms. The zero-order valence-electron chi connectivity index (χ0n) is 8.59. The molecule has 0 spiro atoms. The molecular weight excluding hydrogens is 192 g/mol. The fraction of sp³-hybridized carbons (Fsp3) is 0.889. The Balaban J connectivity index is 2.48. The lowest BCUT2D eigenvalue weighted by Gasteiger charge is -2.23. The Labute approximate surface area is 82.0 Å². The smallest absolute Gasteiger partial charge is 0.410 e. The summed E-state index contributed by atoms with van der Waals surface area (Å²) in [7, 11) is 0. The summed E-state index contributed by atoms with van der Waals surface area (Å²) in [4.78, 5) is 12.4. The van der Waals surface area contributed by atoms with Crippen molar-refractivity contribution >= 4 is 6.09 Å². The van der Waals surface area contributed by atoms with Crippen LogP contribution in [0.25, 0.3) is 0 Å². The van der Waals surface area contributed by atoms with Crippen LogP contribution >= 0.6 is 0 Å². The number of carbonyl (C=O) groups excluding carboxylic acids is 1. The molecule has 14 heavy (non-hydrogen) atoms. The maximum atomic E-state index is 12.7. The Hall–Kier alpha value is -0.870. The Bertz CT molecular complexity index is 217. The van der Waals surface area contributed by atoms with Gasteiger partial charge in [-0.2, -0.15) is 0 Å². The van der Waals surface area contributed by atoms with E-state index >= 15 is 0 Å². The van der Waals surface area contributed by atoms with Crippen LogP contribution in [0.3, 0.4) is 0 Å². The van der Waals surface area contributed by atoms with Crippen molar-refractivity contribution in [3.63, 3.8) is 0 Å². The van der Waals surface area contributed by atoms with Crippen molar-refractivity contribution in [1.29, 1.82) is 0 Å². The predicted molar refractivity (Wildman–Crippen MR) is 47.6 cm³/mol. The van der Waals surface area contributed by atoms with E-state index < -0.39 is 24.0 Å². The second kappa shape index (κ2) is 3.71. The molecular formula is C9H15F2NO2. The average molecular weight is 207 g/mol. The minimum Gasteiger partial charge on any atom is -0.444 e. The van der Waals surface area contributed by atoms with Crippen molar-refractivity contribution in [2.75, 3.05) is 13.1 Å². The molecule has 3 nitrogen and oxygen atoms in total. The van der Waals surface area contributed by atoms with Gasteiger partial charge in [-0.05, 0) is 20.8 Å². The highest BCUT2D eigenvalue weighted by molar-refractivity contribution is 5.68. The first kappa shape index (κ1) is 11.2. The van der Waals surface area contributed by atoms with E-state index in [1.165, 1.54) is 0 Å². The topological polar surface area (TPSA) is 29.5 Å². The lowest BCUT2D eigenvalue weighted by Crippen LogP contribution is -2.35. The van der Waals surface area contributed by atoms with Crippen LogP contribution < -0.4 is 0 Å². The quantitative estimate of drug-likeness (QED) is 0.607. The first-order valence-electron chi connectivity index (χ1n) is 4.55. The normalized spacial score (nSPS) is 27.9. The highest BCUT2D eigenvalue weighted by atomic mass is 19.2. The largest absolute Gasteiger partial charge is 0.444 e. The van der Waals surface area contributed by atoms with E-state index in [1.807, 2.05) is 0 Å². The Kier molecular flexibility index (Phi) is 2.97. The van der Waals surface area contributed by atoms with Gasteiger partial charge in [0.05, 0.1) is 13.1 Å². The molecule has 1 rings (SSSR count). The van der Waals surface area contributed by atoms with Gasteiger partial charge in [0.25, 0.3) is 0 Å². The van der Waals surface area contributed by atoms with Crippen LogP contribution in [-0.4, -0.2) is 42.0 Å². The van der Waals surface area contributed by atoms with Crippen molar-refractivity contribution in [3.8, 4) is 0 Å². The van der Waals surface area contributed by atoms with Gasteiger partial charge < -0.3 is 9.64 Å². The van der Waals surface area contributed by atoms with Crippen LogP contribution in [-0.2, 0) is 4.74 Å². The number of nitrogens with zero attached hydrogens (tertiary/aromatic N) is 1. The van der Waals surface area contributed by atoms with Gasteiger partial charge in [-0.1, -0.05) is 0 Å². The number of halogens is 2. The number of hydrogen-bond acceptors (Lipinski definition) is 2. The van der Waals surface area contributed by atoms with Crippen LogP contribution in [0.15, 0.2) is 0 Å². The monoisotopic (exact) mass is 207 g/mol. The molecule has 5 heteroatoms. The van der Waals surface area contributed by atoms with Crippen LogP contribution in [0.1, 0.15) is 20.8 Å². The highest BCUT2D eigenvalue weighted by Gasteiger charge is 2.37. The lowest BCUT2D eigenvalue weighted by atomic mass is 10.2. The van der Waals surface area contributed by atoms with Crippen LogP contribution in [0, 0.1) is 0 Å². The summed E-state index contributed by atoms with van der Waals surface area (Å²) in [5.74, 6) is 0. The number of hydrogen-bond donors (Lipinski definition) is 0. The van der Waals surface area contributed by atoms with E-state index in [2.05, 4.69) is 0 Å². The maximum absolute atomic E-state index is 12.7. The molecule has 1 saturated heterocycles. The Morgan fingerprint density at radius 1 is 1.29 bits per heavy atom. The summed E-state index contributed by atoms with van der Waals surface area (Å²) in [5.41, 5.74) is -0.628. The van der Waals surface area contributed by atoms with E-state index in [1.54, 1.807) is 20.8 Å². The van der Waals surface area contributed by atoms with Gasteiger partial charge in [0.2, 0.25) is 0 Å². The summed E-state index contributed by atoms with van der Waals surface area (Å²) in [5, 5.41) is 0. The van der Waals surface area contributed by atoms with E-state index in [0.717, 1.165) is 4.90 Å². The van der Waals surface area contributed by atoms with Crippen molar-refractivity contribution < 1.29 is 18.3 Å². The van der Waals surface area contributed by atoms with Crippen molar-refractivity contribution in [2.24, 2.45) is 0 Å². The van der Waals surface area contributed by atoms with Gasteiger partial charge in [0, 0.05) is 0 Å². The zero-order valence-corrected chi connectivity index (χ0v) is 8.59. The third-order valence-electron chi connectivity index (χ3n) is 1.83. The third-order valence-corrected chi connectivity index (χ3v) is 1.83. The summed E-state index contributed by atoms with van der Waals surface area (Å²) in [6.45, 7) is 4.70. The van der Waals surface area contributed by atoms with E-state index in [4.69, 9.17) is 4.74 Å². The standard InChI is InChI=1S/C9H15F2NO2/c1-9(2,3)14-8(13)12-4-6(10)7(11)5-12/h6-7H,4-5H2,1-3H3/t6-,7+. The molecule has 0 N–H and O–H groups in total. The lowest BCUT2D eigenvalue weighted by molar-refractivity contribution is 0.0279. The first-order valence-corrected chi connectivity index (χ1v) is 4.55. The molecule has 0 aromatic heterocycles. The van der Waals surface area contributed by atoms with Crippen molar-refractivity contribution in [3.05, 3.63) is 0 Å². The van der Waals surface area contributed by atoms with Crippen molar-refractivity contribution in [2.45, 2.75) is 38.7 Å². The fourth-order valence-corrected chi connectivity index (χ4v) is 1.20. The van der Waals surface area contributed by atoms with Gasteiger partial charge in [-0.15, -0.1) is 0 Å². The number of carbonyl (C=O) groups is 1. The molecule has 0 aliphatic carbocycles. The van der Waals surface area contributed by atoms with Crippen LogP contribution in [0.5, 0.6) is 0 Å². The number of rotatable bonds is 0. The van der Waals surface area contributed by atoms with E-state index in [9.17, 15) is 13.6 Å². The molecule has 1 aliphatic heterocycles. The van der Waals surface area contributed by atoms with Gasteiger partial charge in [0.1, 0.15) is 5.60 Å². The molecule has 0 unspecified atom stereocenters. The van der Waals surface area contributed by atoms with Crippen LogP contribution in [0.2, 0.25) is 0 Å². The molecule has 0 radical (unpaired) electrons. The second-order valence-electron chi connectivity index (χ2n) is 4.42. The summed E-state index contributed by atoms with van der Waals surface area (Å²) < 4.78 is 30.4. The van der Waals surface area contributed by atoms with Gasteiger partial charge in [-0.25, -0.2) is 13.6 Å². The number of alkyl halides is 2. The molecule has 0 saturated carbocycles. The van der Waals surface area contributed by atoms with Gasteiger partial charge >= 0.3 is 6.09 Å². The number of amides is 1.